The Hall–Kier alpha value is -1.64. The quantitative estimate of drug-likeness (QED) is 0.574. The number of carbonyl (C=O) groups is 2. The Morgan fingerprint density at radius 1 is 1.05 bits per heavy atom. The van der Waals surface area contributed by atoms with E-state index in [1.54, 1.807) is 0 Å². The van der Waals surface area contributed by atoms with E-state index in [0.29, 0.717) is 31.3 Å². The van der Waals surface area contributed by atoms with Gasteiger partial charge in [-0.05, 0) is 50.0 Å². The zero-order chi connectivity index (χ0) is 15.9. The van der Waals surface area contributed by atoms with Crippen LogP contribution in [0.3, 0.4) is 0 Å². The fourth-order valence-corrected chi connectivity index (χ4v) is 3.30. The molecule has 0 aliphatic heterocycles. The van der Waals surface area contributed by atoms with Gasteiger partial charge < -0.3 is 4.74 Å². The van der Waals surface area contributed by atoms with Gasteiger partial charge >= 0.3 is 5.97 Å². The summed E-state index contributed by atoms with van der Waals surface area (Å²) >= 11 is 0. The van der Waals surface area contributed by atoms with Crippen LogP contribution >= 0.6 is 0 Å². The number of benzene rings is 1. The number of carbonyl (C=O) groups excluding carboxylic acids is 2. The van der Waals surface area contributed by atoms with Crippen molar-refractivity contribution in [1.29, 1.82) is 0 Å². The van der Waals surface area contributed by atoms with E-state index < -0.39 is 0 Å². The van der Waals surface area contributed by atoms with Gasteiger partial charge in [0.05, 0.1) is 6.61 Å². The summed E-state index contributed by atoms with van der Waals surface area (Å²) < 4.78 is 5.03. The Morgan fingerprint density at radius 2 is 1.68 bits per heavy atom. The van der Waals surface area contributed by atoms with Crippen molar-refractivity contribution < 1.29 is 14.3 Å². The number of hydrogen-bond acceptors (Lipinski definition) is 3. The molecule has 0 heterocycles. The number of esters is 1. The smallest absolute Gasteiger partial charge is 0.306 e. The Labute approximate surface area is 133 Å². The number of Topliss-reactive ketones (excluding diaryl/α,β-unsaturated/α-hetero) is 1. The molecular formula is C19H26O3. The summed E-state index contributed by atoms with van der Waals surface area (Å²) in [4.78, 5) is 23.2. The minimum Gasteiger partial charge on any atom is -0.466 e. The van der Waals surface area contributed by atoms with Gasteiger partial charge in [0.15, 0.2) is 5.78 Å². The van der Waals surface area contributed by atoms with Crippen molar-refractivity contribution in [3.05, 3.63) is 35.4 Å². The Kier molecular flexibility index (Phi) is 6.17. The van der Waals surface area contributed by atoms with Crippen LogP contribution in [-0.4, -0.2) is 18.4 Å². The van der Waals surface area contributed by atoms with Crippen molar-refractivity contribution in [3.8, 4) is 0 Å². The van der Waals surface area contributed by atoms with Crippen molar-refractivity contribution in [2.45, 2.75) is 58.3 Å². The molecule has 1 aromatic carbocycles. The summed E-state index contributed by atoms with van der Waals surface area (Å²) in [6, 6.07) is 8.09. The zero-order valence-corrected chi connectivity index (χ0v) is 13.6. The maximum absolute atomic E-state index is 11.7. The molecule has 0 radical (unpaired) electrons. The molecule has 0 spiro atoms. The standard InChI is InChI=1S/C19H26O3/c1-3-18(20)17-11-9-16(10-12-17)15-7-5-14(6-8-15)13-19(21)22-4-2/h9-12,14-15H,3-8,13H2,1-2H3. The van der Waals surface area contributed by atoms with Crippen molar-refractivity contribution in [2.75, 3.05) is 6.61 Å². The molecule has 22 heavy (non-hydrogen) atoms. The molecule has 0 unspecified atom stereocenters. The van der Waals surface area contributed by atoms with Gasteiger partial charge in [0.1, 0.15) is 0 Å². The van der Waals surface area contributed by atoms with E-state index in [1.807, 2.05) is 26.0 Å². The van der Waals surface area contributed by atoms with E-state index in [4.69, 9.17) is 4.74 Å². The summed E-state index contributed by atoms with van der Waals surface area (Å²) in [5, 5.41) is 0. The monoisotopic (exact) mass is 302 g/mol. The van der Waals surface area contributed by atoms with Gasteiger partial charge in [-0.2, -0.15) is 0 Å². The molecular weight excluding hydrogens is 276 g/mol. The van der Waals surface area contributed by atoms with Gasteiger partial charge in [0.25, 0.3) is 0 Å². The van der Waals surface area contributed by atoms with Gasteiger partial charge in [0.2, 0.25) is 0 Å². The van der Waals surface area contributed by atoms with Crippen LogP contribution in [0.2, 0.25) is 0 Å². The fraction of sp³-hybridized carbons (Fsp3) is 0.579. The van der Waals surface area contributed by atoms with E-state index in [-0.39, 0.29) is 11.8 Å². The average molecular weight is 302 g/mol. The molecule has 3 nitrogen and oxygen atoms in total. The summed E-state index contributed by atoms with van der Waals surface area (Å²) in [5.41, 5.74) is 2.13. The lowest BCUT2D eigenvalue weighted by molar-refractivity contribution is -0.144. The highest BCUT2D eigenvalue weighted by molar-refractivity contribution is 5.95. The molecule has 120 valence electrons. The summed E-state index contributed by atoms with van der Waals surface area (Å²) in [7, 11) is 0. The predicted octanol–water partition coefficient (Wildman–Crippen LogP) is 4.51. The summed E-state index contributed by atoms with van der Waals surface area (Å²) in [6.45, 7) is 4.21. The molecule has 0 amide bonds. The second-order valence-electron chi connectivity index (χ2n) is 6.13. The summed E-state index contributed by atoms with van der Waals surface area (Å²) in [6.07, 6.45) is 5.51. The highest BCUT2D eigenvalue weighted by Crippen LogP contribution is 2.37. The van der Waals surface area contributed by atoms with Crippen LogP contribution in [-0.2, 0) is 9.53 Å². The van der Waals surface area contributed by atoms with Gasteiger partial charge in [-0.3, -0.25) is 9.59 Å². The third-order valence-corrected chi connectivity index (χ3v) is 4.63. The first-order chi connectivity index (χ1) is 10.6. The second kappa shape index (κ2) is 8.11. The van der Waals surface area contributed by atoms with E-state index >= 15 is 0 Å². The molecule has 1 fully saturated rings. The first-order valence-corrected chi connectivity index (χ1v) is 8.42. The van der Waals surface area contributed by atoms with Crippen molar-refractivity contribution in [1.82, 2.24) is 0 Å². The molecule has 1 aliphatic carbocycles. The van der Waals surface area contributed by atoms with E-state index in [9.17, 15) is 9.59 Å². The minimum absolute atomic E-state index is 0.0617. The average Bonchev–Trinajstić information content (AvgIpc) is 2.55. The van der Waals surface area contributed by atoms with Crippen molar-refractivity contribution in [3.63, 3.8) is 0 Å². The number of ketones is 1. The molecule has 1 aromatic rings. The summed E-state index contributed by atoms with van der Waals surface area (Å²) in [5.74, 6) is 1.17. The first kappa shape index (κ1) is 16.7. The van der Waals surface area contributed by atoms with Gasteiger partial charge in [-0.15, -0.1) is 0 Å². The van der Waals surface area contributed by atoms with Crippen molar-refractivity contribution in [2.24, 2.45) is 5.92 Å². The molecule has 0 aromatic heterocycles. The topological polar surface area (TPSA) is 43.4 Å². The highest BCUT2D eigenvalue weighted by Gasteiger charge is 2.24. The van der Waals surface area contributed by atoms with Crippen LogP contribution in [0.1, 0.15) is 74.2 Å². The Balaban J connectivity index is 1.86. The van der Waals surface area contributed by atoms with E-state index in [2.05, 4.69) is 12.1 Å². The Bertz CT molecular complexity index is 496. The molecule has 0 N–H and O–H groups in total. The SMILES string of the molecule is CCOC(=O)CC1CCC(c2ccc(C(=O)CC)cc2)CC1. The third-order valence-electron chi connectivity index (χ3n) is 4.63. The van der Waals surface area contributed by atoms with Gasteiger partial charge in [-0.25, -0.2) is 0 Å². The van der Waals surface area contributed by atoms with Crippen molar-refractivity contribution >= 4 is 11.8 Å². The lowest BCUT2D eigenvalue weighted by Crippen LogP contribution is -2.18. The molecule has 2 rings (SSSR count). The van der Waals surface area contributed by atoms with E-state index in [0.717, 1.165) is 31.2 Å². The molecule has 0 saturated heterocycles. The third kappa shape index (κ3) is 4.43. The second-order valence-corrected chi connectivity index (χ2v) is 6.13. The normalized spacial score (nSPS) is 21.4. The Morgan fingerprint density at radius 3 is 2.23 bits per heavy atom. The number of rotatable bonds is 6. The molecule has 1 saturated carbocycles. The molecule has 1 aliphatic rings. The first-order valence-electron chi connectivity index (χ1n) is 8.42. The van der Waals surface area contributed by atoms with Crippen LogP contribution in [0.5, 0.6) is 0 Å². The molecule has 3 heteroatoms. The fourth-order valence-electron chi connectivity index (χ4n) is 3.30. The number of hydrogen-bond donors (Lipinski definition) is 0. The highest BCUT2D eigenvalue weighted by atomic mass is 16.5. The van der Waals surface area contributed by atoms with Crippen LogP contribution in [0.4, 0.5) is 0 Å². The molecule has 0 bridgehead atoms. The lowest BCUT2D eigenvalue weighted by Gasteiger charge is -2.28. The van der Waals surface area contributed by atoms with Crippen LogP contribution in [0.25, 0.3) is 0 Å². The number of ether oxygens (including phenoxy) is 1. The maximum atomic E-state index is 11.7. The maximum Gasteiger partial charge on any atom is 0.306 e. The van der Waals surface area contributed by atoms with Crippen LogP contribution in [0.15, 0.2) is 24.3 Å². The lowest BCUT2D eigenvalue weighted by atomic mass is 9.77. The predicted molar refractivity (Wildman–Crippen MR) is 87.0 cm³/mol. The largest absolute Gasteiger partial charge is 0.466 e. The van der Waals surface area contributed by atoms with Crippen LogP contribution in [0, 0.1) is 5.92 Å². The van der Waals surface area contributed by atoms with Crippen LogP contribution < -0.4 is 0 Å². The zero-order valence-electron chi connectivity index (χ0n) is 13.6. The minimum atomic E-state index is -0.0617. The van der Waals surface area contributed by atoms with Gasteiger partial charge in [0, 0.05) is 18.4 Å². The molecule has 0 atom stereocenters. The van der Waals surface area contributed by atoms with E-state index in [1.165, 1.54) is 5.56 Å². The van der Waals surface area contributed by atoms with Gasteiger partial charge in [-0.1, -0.05) is 31.2 Å².